The molecule has 2 rings (SSSR count). The zero-order valence-corrected chi connectivity index (χ0v) is 12.5. The number of nitrogens with zero attached hydrogens (tertiary/aromatic N) is 1. The Bertz CT molecular complexity index is 524. The second kappa shape index (κ2) is 6.68. The molecule has 0 aliphatic heterocycles. The minimum absolute atomic E-state index is 0.147. The van der Waals surface area contributed by atoms with Gasteiger partial charge in [-0.05, 0) is 37.6 Å². The Kier molecular flexibility index (Phi) is 4.93. The molecule has 19 heavy (non-hydrogen) atoms. The Morgan fingerprint density at radius 1 is 1.42 bits per heavy atom. The smallest absolute Gasteiger partial charge is 0.119 e. The molecule has 3 nitrogen and oxygen atoms in total. The van der Waals surface area contributed by atoms with Gasteiger partial charge in [-0.1, -0.05) is 19.1 Å². The van der Waals surface area contributed by atoms with Crippen molar-refractivity contribution in [2.45, 2.75) is 26.3 Å². The second-order valence-electron chi connectivity index (χ2n) is 4.49. The SMILES string of the molecule is CCCNC(c1cccc(OC)c1)c1nc(C)cs1. The Morgan fingerprint density at radius 2 is 2.26 bits per heavy atom. The van der Waals surface area contributed by atoms with Crippen LogP contribution in [0.5, 0.6) is 5.75 Å². The van der Waals surface area contributed by atoms with Crippen molar-refractivity contribution in [3.8, 4) is 5.75 Å². The fourth-order valence-electron chi connectivity index (χ4n) is 1.96. The first-order chi connectivity index (χ1) is 9.24. The predicted octanol–water partition coefficient (Wildman–Crippen LogP) is 3.55. The van der Waals surface area contributed by atoms with Gasteiger partial charge in [0.2, 0.25) is 0 Å². The van der Waals surface area contributed by atoms with Crippen LogP contribution in [0.25, 0.3) is 0 Å². The maximum absolute atomic E-state index is 5.31. The van der Waals surface area contributed by atoms with Gasteiger partial charge in [0.15, 0.2) is 0 Å². The summed E-state index contributed by atoms with van der Waals surface area (Å²) in [6.45, 7) is 5.17. The lowest BCUT2D eigenvalue weighted by atomic mass is 10.1. The van der Waals surface area contributed by atoms with E-state index in [0.717, 1.165) is 29.4 Å². The van der Waals surface area contributed by atoms with Crippen LogP contribution in [-0.4, -0.2) is 18.6 Å². The van der Waals surface area contributed by atoms with Gasteiger partial charge in [0.1, 0.15) is 10.8 Å². The number of aryl methyl sites for hydroxylation is 1. The van der Waals surface area contributed by atoms with Gasteiger partial charge in [0, 0.05) is 11.1 Å². The molecule has 2 aromatic rings. The summed E-state index contributed by atoms with van der Waals surface area (Å²) in [4.78, 5) is 4.61. The first-order valence-corrected chi connectivity index (χ1v) is 7.42. The molecule has 0 spiro atoms. The normalized spacial score (nSPS) is 12.4. The highest BCUT2D eigenvalue weighted by molar-refractivity contribution is 7.09. The van der Waals surface area contributed by atoms with E-state index in [0.29, 0.717) is 0 Å². The molecule has 102 valence electrons. The lowest BCUT2D eigenvalue weighted by Gasteiger charge is -2.17. The quantitative estimate of drug-likeness (QED) is 0.876. The molecule has 0 radical (unpaired) electrons. The lowest BCUT2D eigenvalue weighted by Crippen LogP contribution is -2.23. The van der Waals surface area contributed by atoms with Crippen molar-refractivity contribution in [3.63, 3.8) is 0 Å². The summed E-state index contributed by atoms with van der Waals surface area (Å²) in [5.74, 6) is 0.883. The summed E-state index contributed by atoms with van der Waals surface area (Å²) in [5.41, 5.74) is 2.27. The van der Waals surface area contributed by atoms with Crippen LogP contribution in [0, 0.1) is 6.92 Å². The van der Waals surface area contributed by atoms with Gasteiger partial charge in [-0.25, -0.2) is 4.98 Å². The molecule has 1 unspecified atom stereocenters. The molecule has 1 aromatic heterocycles. The van der Waals surface area contributed by atoms with Crippen molar-refractivity contribution in [2.24, 2.45) is 0 Å². The van der Waals surface area contributed by atoms with E-state index < -0.39 is 0 Å². The van der Waals surface area contributed by atoms with Gasteiger partial charge >= 0.3 is 0 Å². The van der Waals surface area contributed by atoms with Crippen LogP contribution in [-0.2, 0) is 0 Å². The Morgan fingerprint density at radius 3 is 2.89 bits per heavy atom. The van der Waals surface area contributed by atoms with E-state index >= 15 is 0 Å². The molecular weight excluding hydrogens is 256 g/mol. The van der Waals surface area contributed by atoms with Crippen LogP contribution in [0.3, 0.4) is 0 Å². The first-order valence-electron chi connectivity index (χ1n) is 6.54. The Labute approximate surface area is 118 Å². The van der Waals surface area contributed by atoms with E-state index in [1.165, 1.54) is 5.56 Å². The van der Waals surface area contributed by atoms with E-state index in [2.05, 4.69) is 34.7 Å². The first kappa shape index (κ1) is 14.0. The minimum Gasteiger partial charge on any atom is -0.497 e. The number of methoxy groups -OCH3 is 1. The van der Waals surface area contributed by atoms with Crippen molar-refractivity contribution in [2.75, 3.05) is 13.7 Å². The number of aromatic nitrogens is 1. The van der Waals surface area contributed by atoms with Crippen LogP contribution < -0.4 is 10.1 Å². The van der Waals surface area contributed by atoms with Gasteiger partial charge in [0.05, 0.1) is 13.2 Å². The average molecular weight is 276 g/mol. The number of thiazole rings is 1. The van der Waals surface area contributed by atoms with Gasteiger partial charge in [-0.3, -0.25) is 0 Å². The fraction of sp³-hybridized carbons (Fsp3) is 0.400. The summed E-state index contributed by atoms with van der Waals surface area (Å²) >= 11 is 1.70. The van der Waals surface area contributed by atoms with Crippen LogP contribution in [0.4, 0.5) is 0 Å². The third-order valence-corrected chi connectivity index (χ3v) is 3.94. The highest BCUT2D eigenvalue weighted by atomic mass is 32.1. The topological polar surface area (TPSA) is 34.1 Å². The summed E-state index contributed by atoms with van der Waals surface area (Å²) < 4.78 is 5.31. The predicted molar refractivity (Wildman–Crippen MR) is 80.0 cm³/mol. The molecule has 0 fully saturated rings. The summed E-state index contributed by atoms with van der Waals surface area (Å²) in [7, 11) is 1.70. The van der Waals surface area contributed by atoms with Crippen LogP contribution in [0.2, 0.25) is 0 Å². The number of hydrogen-bond acceptors (Lipinski definition) is 4. The summed E-state index contributed by atoms with van der Waals surface area (Å²) in [6, 6.07) is 8.33. The third-order valence-electron chi connectivity index (χ3n) is 2.91. The monoisotopic (exact) mass is 276 g/mol. The van der Waals surface area contributed by atoms with E-state index in [-0.39, 0.29) is 6.04 Å². The number of benzene rings is 1. The summed E-state index contributed by atoms with van der Waals surface area (Å²) in [5, 5.41) is 6.76. The number of hydrogen-bond donors (Lipinski definition) is 1. The molecule has 1 aromatic carbocycles. The van der Waals surface area contributed by atoms with Crippen molar-refractivity contribution in [1.29, 1.82) is 0 Å². The van der Waals surface area contributed by atoms with Gasteiger partial charge in [-0.2, -0.15) is 0 Å². The highest BCUT2D eigenvalue weighted by Gasteiger charge is 2.17. The third kappa shape index (κ3) is 3.55. The second-order valence-corrected chi connectivity index (χ2v) is 5.38. The molecule has 1 heterocycles. The van der Waals surface area contributed by atoms with E-state index in [4.69, 9.17) is 4.74 Å². The van der Waals surface area contributed by atoms with E-state index in [1.54, 1.807) is 18.4 Å². The standard InChI is InChI=1S/C15H20N2OS/c1-4-8-16-14(15-17-11(2)10-19-15)12-6-5-7-13(9-12)18-3/h5-7,9-10,14,16H,4,8H2,1-3H3. The zero-order valence-electron chi connectivity index (χ0n) is 11.6. The number of ether oxygens (including phenoxy) is 1. The van der Waals surface area contributed by atoms with Crippen molar-refractivity contribution >= 4 is 11.3 Å². The number of rotatable bonds is 6. The zero-order chi connectivity index (χ0) is 13.7. The maximum atomic E-state index is 5.31. The largest absolute Gasteiger partial charge is 0.497 e. The molecule has 0 saturated carbocycles. The maximum Gasteiger partial charge on any atom is 0.119 e. The molecule has 1 N–H and O–H groups in total. The molecular formula is C15H20N2OS. The van der Waals surface area contributed by atoms with Gasteiger partial charge < -0.3 is 10.1 Å². The fourth-order valence-corrected chi connectivity index (χ4v) is 2.86. The average Bonchev–Trinajstić information content (AvgIpc) is 2.86. The van der Waals surface area contributed by atoms with Crippen LogP contribution >= 0.6 is 11.3 Å². The lowest BCUT2D eigenvalue weighted by molar-refractivity contribution is 0.413. The molecule has 0 aliphatic carbocycles. The van der Waals surface area contributed by atoms with Gasteiger partial charge in [-0.15, -0.1) is 11.3 Å². The highest BCUT2D eigenvalue weighted by Crippen LogP contribution is 2.27. The molecule has 0 aliphatic rings. The molecule has 0 saturated heterocycles. The van der Waals surface area contributed by atoms with Crippen LogP contribution in [0.15, 0.2) is 29.6 Å². The minimum atomic E-state index is 0.147. The van der Waals surface area contributed by atoms with Crippen molar-refractivity contribution in [3.05, 3.63) is 45.9 Å². The van der Waals surface area contributed by atoms with Gasteiger partial charge in [0.25, 0.3) is 0 Å². The molecule has 0 amide bonds. The Hall–Kier alpha value is -1.39. The molecule has 0 bridgehead atoms. The molecule has 1 atom stereocenters. The van der Waals surface area contributed by atoms with E-state index in [1.807, 2.05) is 19.1 Å². The number of nitrogens with one attached hydrogen (secondary N) is 1. The summed E-state index contributed by atoms with van der Waals surface area (Å²) in [6.07, 6.45) is 1.10. The van der Waals surface area contributed by atoms with Crippen molar-refractivity contribution in [1.82, 2.24) is 10.3 Å². The van der Waals surface area contributed by atoms with E-state index in [9.17, 15) is 0 Å². The molecule has 4 heteroatoms. The van der Waals surface area contributed by atoms with Crippen LogP contribution in [0.1, 0.15) is 35.7 Å². The Balaban J connectivity index is 2.30. The van der Waals surface area contributed by atoms with Crippen molar-refractivity contribution < 1.29 is 4.74 Å².